The highest BCUT2D eigenvalue weighted by atomic mass is 32.2. The summed E-state index contributed by atoms with van der Waals surface area (Å²) in [7, 11) is 1.55. The highest BCUT2D eigenvalue weighted by Gasteiger charge is 2.35. The third-order valence-electron chi connectivity index (χ3n) is 4.74. The summed E-state index contributed by atoms with van der Waals surface area (Å²) in [5, 5.41) is 2.78. The van der Waals surface area contributed by atoms with E-state index in [-0.39, 0.29) is 18.4 Å². The predicted molar refractivity (Wildman–Crippen MR) is 136 cm³/mol. The van der Waals surface area contributed by atoms with Gasteiger partial charge in [-0.3, -0.25) is 14.5 Å². The lowest BCUT2D eigenvalue weighted by Gasteiger charge is -2.17. The summed E-state index contributed by atoms with van der Waals surface area (Å²) < 4.78 is 11.5. The number of hydrogen-bond acceptors (Lipinski definition) is 6. The number of thiocarbonyl (C=S) groups is 1. The number of carbonyl (C=O) groups excluding carboxylic acids is 2. The molecular formula is C25H20N2O4S2. The largest absolute Gasteiger partial charge is 0.495 e. The Bertz CT molecular complexity index is 1230. The second-order valence-electron chi connectivity index (χ2n) is 6.93. The van der Waals surface area contributed by atoms with Crippen molar-refractivity contribution in [1.29, 1.82) is 0 Å². The van der Waals surface area contributed by atoms with Crippen molar-refractivity contribution in [2.45, 2.75) is 0 Å². The van der Waals surface area contributed by atoms with Crippen molar-refractivity contribution in [3.63, 3.8) is 0 Å². The lowest BCUT2D eigenvalue weighted by atomic mass is 10.2. The molecule has 8 heteroatoms. The minimum atomic E-state index is -0.279. The molecule has 1 heterocycles. The summed E-state index contributed by atoms with van der Waals surface area (Å²) in [6.07, 6.45) is 1.72. The number of nitrogens with one attached hydrogen (secondary N) is 1. The van der Waals surface area contributed by atoms with E-state index in [1.165, 1.54) is 16.7 Å². The van der Waals surface area contributed by atoms with Gasteiger partial charge in [0.2, 0.25) is 0 Å². The molecule has 0 aliphatic carbocycles. The van der Waals surface area contributed by atoms with Crippen LogP contribution in [0.5, 0.6) is 11.5 Å². The Morgan fingerprint density at radius 3 is 2.42 bits per heavy atom. The fourth-order valence-corrected chi connectivity index (χ4v) is 4.50. The fourth-order valence-electron chi connectivity index (χ4n) is 3.22. The Morgan fingerprint density at radius 1 is 1.00 bits per heavy atom. The molecule has 1 fully saturated rings. The highest BCUT2D eigenvalue weighted by molar-refractivity contribution is 8.27. The number of amides is 2. The minimum absolute atomic E-state index is 0.165. The number of ether oxygens (including phenoxy) is 2. The number of benzene rings is 3. The van der Waals surface area contributed by atoms with E-state index < -0.39 is 0 Å². The number of anilines is 2. The summed E-state index contributed by atoms with van der Waals surface area (Å²) in [5.74, 6) is 0.524. The molecule has 0 radical (unpaired) electrons. The fraction of sp³-hybridized carbons (Fsp3) is 0.0800. The van der Waals surface area contributed by atoms with E-state index in [4.69, 9.17) is 21.7 Å². The first-order valence-corrected chi connectivity index (χ1v) is 11.3. The van der Waals surface area contributed by atoms with Gasteiger partial charge in [-0.2, -0.15) is 0 Å². The third kappa shape index (κ3) is 5.24. The minimum Gasteiger partial charge on any atom is -0.495 e. The van der Waals surface area contributed by atoms with E-state index in [2.05, 4.69) is 5.32 Å². The van der Waals surface area contributed by atoms with Crippen molar-refractivity contribution in [2.75, 3.05) is 23.9 Å². The van der Waals surface area contributed by atoms with Crippen molar-refractivity contribution >= 4 is 57.6 Å². The maximum Gasteiger partial charge on any atom is 0.270 e. The van der Waals surface area contributed by atoms with Crippen LogP contribution >= 0.6 is 24.0 Å². The van der Waals surface area contributed by atoms with Crippen LogP contribution in [0.3, 0.4) is 0 Å². The number of thioether (sulfide) groups is 1. The SMILES string of the molecule is COc1ccccc1N1C(=O)/C(=C\c2ccccc2OCC(=O)Nc2ccccc2)SC1=S. The van der Waals surface area contributed by atoms with Crippen LogP contribution in [0.25, 0.3) is 6.08 Å². The number of rotatable bonds is 7. The van der Waals surface area contributed by atoms with Crippen molar-refractivity contribution in [3.05, 3.63) is 89.3 Å². The van der Waals surface area contributed by atoms with Crippen LogP contribution in [0, 0.1) is 0 Å². The first-order valence-electron chi connectivity index (χ1n) is 10.0. The molecule has 2 amide bonds. The predicted octanol–water partition coefficient (Wildman–Crippen LogP) is 5.12. The van der Waals surface area contributed by atoms with Gasteiger partial charge in [-0.05, 0) is 36.4 Å². The van der Waals surface area contributed by atoms with Crippen molar-refractivity contribution in [1.82, 2.24) is 0 Å². The van der Waals surface area contributed by atoms with Crippen LogP contribution in [-0.2, 0) is 9.59 Å². The maximum absolute atomic E-state index is 13.2. The molecule has 3 aromatic carbocycles. The van der Waals surface area contributed by atoms with Crippen LogP contribution in [0.15, 0.2) is 83.8 Å². The zero-order valence-corrected chi connectivity index (χ0v) is 19.3. The van der Waals surface area contributed by atoms with Gasteiger partial charge in [0.15, 0.2) is 10.9 Å². The van der Waals surface area contributed by atoms with Gasteiger partial charge < -0.3 is 14.8 Å². The molecule has 0 bridgehead atoms. The Hall–Kier alpha value is -3.62. The van der Waals surface area contributed by atoms with Crippen molar-refractivity contribution < 1.29 is 19.1 Å². The van der Waals surface area contributed by atoms with Crippen molar-refractivity contribution in [3.8, 4) is 11.5 Å². The second kappa shape index (κ2) is 10.3. The van der Waals surface area contributed by atoms with Gasteiger partial charge in [0.1, 0.15) is 11.5 Å². The van der Waals surface area contributed by atoms with Crippen LogP contribution in [-0.4, -0.2) is 29.9 Å². The first kappa shape index (κ1) is 22.6. The molecule has 4 rings (SSSR count). The second-order valence-corrected chi connectivity index (χ2v) is 8.61. The Kier molecular flexibility index (Phi) is 7.07. The molecule has 3 aromatic rings. The Morgan fingerprint density at radius 2 is 1.67 bits per heavy atom. The topological polar surface area (TPSA) is 67.9 Å². The number of hydrogen-bond donors (Lipinski definition) is 1. The zero-order valence-electron chi connectivity index (χ0n) is 17.7. The summed E-state index contributed by atoms with van der Waals surface area (Å²) in [5.41, 5.74) is 1.96. The molecule has 1 aliphatic heterocycles. The highest BCUT2D eigenvalue weighted by Crippen LogP contribution is 2.40. The number of para-hydroxylation sites is 4. The maximum atomic E-state index is 13.2. The average Bonchev–Trinajstić information content (AvgIpc) is 3.11. The van der Waals surface area contributed by atoms with Crippen LogP contribution in [0.2, 0.25) is 0 Å². The summed E-state index contributed by atoms with van der Waals surface area (Å²) in [6.45, 7) is -0.165. The molecule has 0 saturated carbocycles. The van der Waals surface area contributed by atoms with E-state index in [9.17, 15) is 9.59 Å². The smallest absolute Gasteiger partial charge is 0.270 e. The molecule has 0 aromatic heterocycles. The van der Waals surface area contributed by atoms with Gasteiger partial charge in [0.25, 0.3) is 11.8 Å². The van der Waals surface area contributed by atoms with Gasteiger partial charge in [0.05, 0.1) is 17.7 Å². The molecule has 166 valence electrons. The zero-order chi connectivity index (χ0) is 23.2. The molecule has 0 atom stereocenters. The molecule has 0 unspecified atom stereocenters. The number of methoxy groups -OCH3 is 1. The van der Waals surface area contributed by atoms with Crippen LogP contribution in [0.4, 0.5) is 11.4 Å². The first-order chi connectivity index (χ1) is 16.1. The van der Waals surface area contributed by atoms with Crippen LogP contribution in [0.1, 0.15) is 5.56 Å². The summed E-state index contributed by atoms with van der Waals surface area (Å²) >= 11 is 6.67. The quantitative estimate of drug-likeness (QED) is 0.377. The average molecular weight is 477 g/mol. The van der Waals surface area contributed by atoms with E-state index in [1.54, 1.807) is 43.5 Å². The lowest BCUT2D eigenvalue weighted by Crippen LogP contribution is -2.27. The number of nitrogens with zero attached hydrogens (tertiary/aromatic N) is 1. The van der Waals surface area contributed by atoms with Crippen LogP contribution < -0.4 is 19.7 Å². The number of carbonyl (C=O) groups is 2. The van der Waals surface area contributed by atoms with Gasteiger partial charge in [-0.25, -0.2) is 0 Å². The molecule has 0 spiro atoms. The van der Waals surface area contributed by atoms with E-state index in [0.29, 0.717) is 37.7 Å². The Balaban J connectivity index is 1.51. The van der Waals surface area contributed by atoms with E-state index in [1.807, 2.05) is 48.5 Å². The Labute approximate surface area is 201 Å². The standard InChI is InChI=1S/C25H20N2O4S2/c1-30-21-14-8-6-12-19(21)27-24(29)22(33-25(27)32)15-17-9-5-7-13-20(17)31-16-23(28)26-18-10-3-2-4-11-18/h2-15H,16H2,1H3,(H,26,28)/b22-15+. The molecule has 6 nitrogen and oxygen atoms in total. The van der Waals surface area contributed by atoms with Crippen molar-refractivity contribution in [2.24, 2.45) is 0 Å². The monoisotopic (exact) mass is 476 g/mol. The molecule has 1 aliphatic rings. The summed E-state index contributed by atoms with van der Waals surface area (Å²) in [4.78, 5) is 27.3. The van der Waals surface area contributed by atoms with Gasteiger partial charge >= 0.3 is 0 Å². The molecule has 1 N–H and O–H groups in total. The lowest BCUT2D eigenvalue weighted by molar-refractivity contribution is -0.118. The van der Waals surface area contributed by atoms with Gasteiger partial charge in [-0.1, -0.05) is 72.5 Å². The molecule has 33 heavy (non-hydrogen) atoms. The van der Waals surface area contributed by atoms with E-state index >= 15 is 0 Å². The molecule has 1 saturated heterocycles. The van der Waals surface area contributed by atoms with E-state index in [0.717, 1.165) is 0 Å². The van der Waals surface area contributed by atoms with Gasteiger partial charge in [0, 0.05) is 11.3 Å². The van der Waals surface area contributed by atoms with Gasteiger partial charge in [-0.15, -0.1) is 0 Å². The normalized spacial score (nSPS) is 14.5. The summed E-state index contributed by atoms with van der Waals surface area (Å²) in [6, 6.07) is 23.6. The molecular weight excluding hydrogens is 456 g/mol. The third-order valence-corrected chi connectivity index (χ3v) is 6.04.